The molecule has 1 N–H and O–H groups in total. The highest BCUT2D eigenvalue weighted by atomic mass is 32.2. The Kier molecular flexibility index (Phi) is 4.97. The van der Waals surface area contributed by atoms with E-state index in [-0.39, 0.29) is 11.2 Å². The molecule has 1 aromatic carbocycles. The number of aromatic nitrogens is 3. The van der Waals surface area contributed by atoms with Gasteiger partial charge >= 0.3 is 0 Å². The molecule has 1 saturated heterocycles. The van der Waals surface area contributed by atoms with Crippen LogP contribution < -0.4 is 0 Å². The van der Waals surface area contributed by atoms with E-state index in [0.717, 1.165) is 42.4 Å². The molecule has 4 rings (SSSR count). The molecule has 0 aliphatic carbocycles. The summed E-state index contributed by atoms with van der Waals surface area (Å²) in [7, 11) is 0. The van der Waals surface area contributed by atoms with E-state index in [2.05, 4.69) is 15.2 Å². The van der Waals surface area contributed by atoms with Crippen LogP contribution in [0, 0.1) is 0 Å². The summed E-state index contributed by atoms with van der Waals surface area (Å²) in [4.78, 5) is 17.9. The molecule has 26 heavy (non-hydrogen) atoms. The SMILES string of the molecule is C[C@@H](Sc1nnc(-c2c[nH]c3ccccc23)o1)C(=O)N1CCCCCC1. The smallest absolute Gasteiger partial charge is 0.277 e. The van der Waals surface area contributed by atoms with Crippen LogP contribution in [0.5, 0.6) is 0 Å². The van der Waals surface area contributed by atoms with Crippen LogP contribution in [0.3, 0.4) is 0 Å². The number of para-hydroxylation sites is 1. The number of H-pyrrole nitrogens is 1. The molecule has 1 aliphatic rings. The van der Waals surface area contributed by atoms with Crippen LogP contribution in [0.2, 0.25) is 0 Å². The number of nitrogens with zero attached hydrogens (tertiary/aromatic N) is 3. The van der Waals surface area contributed by atoms with Crippen LogP contribution in [-0.2, 0) is 4.79 Å². The summed E-state index contributed by atoms with van der Waals surface area (Å²) in [5.74, 6) is 0.628. The minimum Gasteiger partial charge on any atom is -0.411 e. The molecule has 7 heteroatoms. The van der Waals surface area contributed by atoms with Crippen molar-refractivity contribution in [2.24, 2.45) is 0 Å². The Bertz CT molecular complexity index is 896. The van der Waals surface area contributed by atoms with Crippen molar-refractivity contribution in [3.05, 3.63) is 30.5 Å². The Balaban J connectivity index is 1.47. The lowest BCUT2D eigenvalue weighted by atomic mass is 10.2. The van der Waals surface area contributed by atoms with Gasteiger partial charge in [-0.25, -0.2) is 0 Å². The van der Waals surface area contributed by atoms with Crippen molar-refractivity contribution in [1.82, 2.24) is 20.1 Å². The van der Waals surface area contributed by atoms with Crippen molar-refractivity contribution in [2.75, 3.05) is 13.1 Å². The van der Waals surface area contributed by atoms with Crippen molar-refractivity contribution in [3.8, 4) is 11.5 Å². The number of benzene rings is 1. The van der Waals surface area contributed by atoms with Crippen molar-refractivity contribution in [1.29, 1.82) is 0 Å². The zero-order chi connectivity index (χ0) is 17.9. The molecule has 0 unspecified atom stereocenters. The Morgan fingerprint density at radius 2 is 1.96 bits per heavy atom. The molecule has 136 valence electrons. The van der Waals surface area contributed by atoms with Gasteiger partial charge in [-0.3, -0.25) is 4.79 Å². The first-order valence-corrected chi connectivity index (χ1v) is 9.96. The molecule has 0 saturated carbocycles. The van der Waals surface area contributed by atoms with Gasteiger partial charge in [-0.15, -0.1) is 10.2 Å². The second-order valence-corrected chi connectivity index (χ2v) is 7.91. The summed E-state index contributed by atoms with van der Waals surface area (Å²) in [6.07, 6.45) is 6.48. The monoisotopic (exact) mass is 370 g/mol. The highest BCUT2D eigenvalue weighted by molar-refractivity contribution is 8.00. The largest absolute Gasteiger partial charge is 0.411 e. The predicted octanol–water partition coefficient (Wildman–Crippen LogP) is 4.10. The lowest BCUT2D eigenvalue weighted by molar-refractivity contribution is -0.130. The molecule has 1 amide bonds. The summed E-state index contributed by atoms with van der Waals surface area (Å²) in [6.45, 7) is 3.62. The lowest BCUT2D eigenvalue weighted by Gasteiger charge is -2.23. The number of carbonyl (C=O) groups is 1. The number of hydrogen-bond acceptors (Lipinski definition) is 5. The van der Waals surface area contributed by atoms with Gasteiger partial charge in [0.05, 0.1) is 10.8 Å². The number of carbonyl (C=O) groups excluding carboxylic acids is 1. The van der Waals surface area contributed by atoms with E-state index < -0.39 is 0 Å². The number of likely N-dealkylation sites (tertiary alicyclic amines) is 1. The third kappa shape index (κ3) is 3.49. The first kappa shape index (κ1) is 17.1. The predicted molar refractivity (Wildman–Crippen MR) is 102 cm³/mol. The number of hydrogen-bond donors (Lipinski definition) is 1. The fraction of sp³-hybridized carbons (Fsp3) is 0.421. The fourth-order valence-corrected chi connectivity index (χ4v) is 4.13. The van der Waals surface area contributed by atoms with Crippen molar-refractivity contribution < 1.29 is 9.21 Å². The van der Waals surface area contributed by atoms with Crippen molar-refractivity contribution in [2.45, 2.75) is 43.1 Å². The minimum atomic E-state index is -0.232. The maximum absolute atomic E-state index is 12.7. The van der Waals surface area contributed by atoms with E-state index in [1.165, 1.54) is 24.6 Å². The molecule has 2 aromatic heterocycles. The third-order valence-electron chi connectivity index (χ3n) is 4.77. The van der Waals surface area contributed by atoms with Gasteiger partial charge < -0.3 is 14.3 Å². The molecule has 0 bridgehead atoms. The third-order valence-corrected chi connectivity index (χ3v) is 5.69. The molecular weight excluding hydrogens is 348 g/mol. The number of thioether (sulfide) groups is 1. The first-order chi connectivity index (χ1) is 12.7. The van der Waals surface area contributed by atoms with E-state index in [0.29, 0.717) is 11.1 Å². The molecule has 0 spiro atoms. The van der Waals surface area contributed by atoms with E-state index in [9.17, 15) is 4.79 Å². The zero-order valence-electron chi connectivity index (χ0n) is 14.8. The standard InChI is InChI=1S/C19H22N4O2S/c1-13(18(24)23-10-6-2-3-7-11-23)26-19-22-21-17(25-19)15-12-20-16-9-5-4-8-14(15)16/h4-5,8-9,12-13,20H,2-3,6-7,10-11H2,1H3/t13-/m1/s1. The maximum atomic E-state index is 12.7. The fourth-order valence-electron chi connectivity index (χ4n) is 3.36. The quantitative estimate of drug-likeness (QED) is 0.700. The summed E-state index contributed by atoms with van der Waals surface area (Å²) >= 11 is 1.33. The Hall–Kier alpha value is -2.28. The minimum absolute atomic E-state index is 0.156. The molecule has 1 aliphatic heterocycles. The highest BCUT2D eigenvalue weighted by Gasteiger charge is 2.24. The highest BCUT2D eigenvalue weighted by Crippen LogP contribution is 2.31. The summed E-state index contributed by atoms with van der Waals surface area (Å²) in [6, 6.07) is 7.98. The van der Waals surface area contributed by atoms with Crippen LogP contribution >= 0.6 is 11.8 Å². The topological polar surface area (TPSA) is 75.0 Å². The van der Waals surface area contributed by atoms with Gasteiger partial charge in [0.1, 0.15) is 0 Å². The van der Waals surface area contributed by atoms with Crippen LogP contribution in [0.1, 0.15) is 32.6 Å². The number of aromatic amines is 1. The average Bonchev–Trinajstić information content (AvgIpc) is 3.19. The first-order valence-electron chi connectivity index (χ1n) is 9.08. The molecule has 6 nitrogen and oxygen atoms in total. The van der Waals surface area contributed by atoms with Gasteiger partial charge in [0.2, 0.25) is 5.91 Å². The number of nitrogens with one attached hydrogen (secondary N) is 1. The summed E-state index contributed by atoms with van der Waals surface area (Å²) in [5.41, 5.74) is 1.91. The van der Waals surface area contributed by atoms with Gasteiger partial charge in [0.25, 0.3) is 11.1 Å². The van der Waals surface area contributed by atoms with E-state index >= 15 is 0 Å². The maximum Gasteiger partial charge on any atom is 0.277 e. The molecule has 3 aromatic rings. The van der Waals surface area contributed by atoms with Gasteiger partial charge in [-0.2, -0.15) is 0 Å². The molecule has 1 fully saturated rings. The number of fused-ring (bicyclic) bond motifs is 1. The van der Waals surface area contributed by atoms with Crippen molar-refractivity contribution >= 4 is 28.6 Å². The Morgan fingerprint density at radius 3 is 2.77 bits per heavy atom. The van der Waals surface area contributed by atoms with E-state index in [1.807, 2.05) is 42.3 Å². The van der Waals surface area contributed by atoms with Crippen LogP contribution in [0.25, 0.3) is 22.4 Å². The van der Waals surface area contributed by atoms with Gasteiger partial charge in [0, 0.05) is 30.2 Å². The Morgan fingerprint density at radius 1 is 1.19 bits per heavy atom. The number of amides is 1. The normalized spacial score (nSPS) is 16.6. The summed E-state index contributed by atoms with van der Waals surface area (Å²) < 4.78 is 5.82. The van der Waals surface area contributed by atoms with Crippen LogP contribution in [0.4, 0.5) is 0 Å². The van der Waals surface area contributed by atoms with Gasteiger partial charge in [-0.1, -0.05) is 42.8 Å². The molecule has 0 radical (unpaired) electrons. The zero-order valence-corrected chi connectivity index (χ0v) is 15.6. The summed E-state index contributed by atoms with van der Waals surface area (Å²) in [5, 5.41) is 9.54. The van der Waals surface area contributed by atoms with Crippen LogP contribution in [0.15, 0.2) is 40.1 Å². The van der Waals surface area contributed by atoms with E-state index in [1.54, 1.807) is 0 Å². The second-order valence-electron chi connectivity index (χ2n) is 6.62. The molecule has 1 atom stereocenters. The molecule has 3 heterocycles. The van der Waals surface area contributed by atoms with E-state index in [4.69, 9.17) is 4.42 Å². The molecular formula is C19H22N4O2S. The average molecular weight is 370 g/mol. The second kappa shape index (κ2) is 7.53. The van der Waals surface area contributed by atoms with Crippen LogP contribution in [-0.4, -0.2) is 44.3 Å². The number of rotatable bonds is 4. The lowest BCUT2D eigenvalue weighted by Crippen LogP contribution is -2.37. The van der Waals surface area contributed by atoms with Gasteiger partial charge in [0.15, 0.2) is 0 Å². The van der Waals surface area contributed by atoms with Gasteiger partial charge in [-0.05, 0) is 25.8 Å². The van der Waals surface area contributed by atoms with Crippen molar-refractivity contribution in [3.63, 3.8) is 0 Å². The Labute approximate surface area is 156 Å².